The van der Waals surface area contributed by atoms with Crippen LogP contribution in [0.3, 0.4) is 0 Å². The molecule has 0 unspecified atom stereocenters. The molecule has 0 heterocycles. The molecule has 1 aromatic rings. The highest BCUT2D eigenvalue weighted by atomic mass is 32.2. The Balaban J connectivity index is 2.98. The Morgan fingerprint density at radius 2 is 1.93 bits per heavy atom. The van der Waals surface area contributed by atoms with Crippen molar-refractivity contribution in [3.8, 4) is 0 Å². The zero-order chi connectivity index (χ0) is 11.5. The normalized spacial score (nSPS) is 13.8. The summed E-state index contributed by atoms with van der Waals surface area (Å²) >= 11 is 0. The fraction of sp³-hybridized carbons (Fsp3) is 0.455. The second-order valence-corrected chi connectivity index (χ2v) is 5.49. The van der Waals surface area contributed by atoms with Gasteiger partial charge in [-0.25, -0.2) is 13.1 Å². The summed E-state index contributed by atoms with van der Waals surface area (Å²) in [4.78, 5) is 0. The van der Waals surface area contributed by atoms with E-state index < -0.39 is 10.0 Å². The maximum absolute atomic E-state index is 11.2. The Bertz CT molecular complexity index is 426. The predicted octanol–water partition coefficient (Wildman–Crippen LogP) is 2.00. The number of rotatable bonds is 4. The number of aryl methyl sites for hydroxylation is 1. The van der Waals surface area contributed by atoms with Crippen molar-refractivity contribution in [2.24, 2.45) is 0 Å². The van der Waals surface area contributed by atoms with Crippen LogP contribution in [0, 0.1) is 6.92 Å². The van der Waals surface area contributed by atoms with Gasteiger partial charge in [0.2, 0.25) is 10.0 Å². The molecule has 0 radical (unpaired) electrons. The maximum atomic E-state index is 11.2. The SMILES string of the molecule is CC[C@@H](NS(C)(=O)=O)c1ccccc1C. The summed E-state index contributed by atoms with van der Waals surface area (Å²) in [6, 6.07) is 7.70. The van der Waals surface area contributed by atoms with Crippen LogP contribution in [0.4, 0.5) is 0 Å². The van der Waals surface area contributed by atoms with Crippen LogP contribution in [0.2, 0.25) is 0 Å². The molecule has 0 bridgehead atoms. The molecule has 1 aromatic carbocycles. The first-order valence-electron chi connectivity index (χ1n) is 4.97. The number of hydrogen-bond donors (Lipinski definition) is 1. The molecule has 3 nitrogen and oxygen atoms in total. The van der Waals surface area contributed by atoms with Gasteiger partial charge in [0.15, 0.2) is 0 Å². The van der Waals surface area contributed by atoms with E-state index in [2.05, 4.69) is 4.72 Å². The van der Waals surface area contributed by atoms with Gasteiger partial charge in [0.1, 0.15) is 0 Å². The van der Waals surface area contributed by atoms with E-state index in [4.69, 9.17) is 0 Å². The van der Waals surface area contributed by atoms with Crippen LogP contribution in [0.15, 0.2) is 24.3 Å². The van der Waals surface area contributed by atoms with Crippen molar-refractivity contribution in [3.05, 3.63) is 35.4 Å². The minimum Gasteiger partial charge on any atom is -0.213 e. The van der Waals surface area contributed by atoms with Crippen molar-refractivity contribution in [1.82, 2.24) is 4.72 Å². The predicted molar refractivity (Wildman–Crippen MR) is 62.2 cm³/mol. The Morgan fingerprint density at radius 3 is 2.40 bits per heavy atom. The lowest BCUT2D eigenvalue weighted by atomic mass is 10.0. The number of benzene rings is 1. The zero-order valence-corrected chi connectivity index (χ0v) is 10.1. The van der Waals surface area contributed by atoms with Gasteiger partial charge in [-0.1, -0.05) is 31.2 Å². The summed E-state index contributed by atoms with van der Waals surface area (Å²) in [6.07, 6.45) is 1.94. The molecule has 0 saturated carbocycles. The Morgan fingerprint density at radius 1 is 1.33 bits per heavy atom. The zero-order valence-electron chi connectivity index (χ0n) is 9.32. The molecule has 0 aliphatic heterocycles. The second kappa shape index (κ2) is 4.77. The van der Waals surface area contributed by atoms with Crippen LogP contribution < -0.4 is 4.72 Å². The highest BCUT2D eigenvalue weighted by Gasteiger charge is 2.15. The van der Waals surface area contributed by atoms with Crippen LogP contribution in [-0.2, 0) is 10.0 Å². The molecule has 0 amide bonds. The van der Waals surface area contributed by atoms with Crippen LogP contribution in [0.5, 0.6) is 0 Å². The minimum atomic E-state index is -3.15. The molecule has 1 rings (SSSR count). The molecule has 0 fully saturated rings. The summed E-state index contributed by atoms with van der Waals surface area (Å²) in [7, 11) is -3.15. The number of nitrogens with one attached hydrogen (secondary N) is 1. The molecule has 0 aliphatic carbocycles. The molecule has 1 N–H and O–H groups in total. The molecular formula is C11H17NO2S. The van der Waals surface area contributed by atoms with Gasteiger partial charge in [-0.3, -0.25) is 0 Å². The van der Waals surface area contributed by atoms with Gasteiger partial charge >= 0.3 is 0 Å². The molecular weight excluding hydrogens is 210 g/mol. The van der Waals surface area contributed by atoms with Gasteiger partial charge in [-0.05, 0) is 24.5 Å². The Kier molecular flexibility index (Phi) is 3.88. The van der Waals surface area contributed by atoms with Crippen molar-refractivity contribution in [2.75, 3.05) is 6.26 Å². The molecule has 0 aromatic heterocycles. The van der Waals surface area contributed by atoms with Crippen LogP contribution >= 0.6 is 0 Å². The van der Waals surface area contributed by atoms with Crippen LogP contribution in [0.25, 0.3) is 0 Å². The first kappa shape index (κ1) is 12.2. The maximum Gasteiger partial charge on any atom is 0.209 e. The van der Waals surface area contributed by atoms with Gasteiger partial charge < -0.3 is 0 Å². The molecule has 84 valence electrons. The fourth-order valence-electron chi connectivity index (χ4n) is 1.60. The van der Waals surface area contributed by atoms with Gasteiger partial charge in [-0.15, -0.1) is 0 Å². The molecule has 1 atom stereocenters. The average molecular weight is 227 g/mol. The number of hydrogen-bond acceptors (Lipinski definition) is 2. The summed E-state index contributed by atoms with van der Waals surface area (Å²) < 4.78 is 25.0. The summed E-state index contributed by atoms with van der Waals surface area (Å²) in [5, 5.41) is 0. The highest BCUT2D eigenvalue weighted by Crippen LogP contribution is 2.20. The van der Waals surface area contributed by atoms with E-state index in [1.54, 1.807) is 0 Å². The third kappa shape index (κ3) is 3.64. The van der Waals surface area contributed by atoms with Crippen molar-refractivity contribution in [3.63, 3.8) is 0 Å². The monoisotopic (exact) mass is 227 g/mol. The Hall–Kier alpha value is -0.870. The second-order valence-electron chi connectivity index (χ2n) is 3.71. The van der Waals surface area contributed by atoms with E-state index in [1.165, 1.54) is 6.26 Å². The Labute approximate surface area is 91.6 Å². The lowest BCUT2D eigenvalue weighted by Crippen LogP contribution is -2.27. The average Bonchev–Trinajstić information content (AvgIpc) is 2.14. The summed E-state index contributed by atoms with van der Waals surface area (Å²) in [5.41, 5.74) is 2.16. The first-order chi connectivity index (χ1) is 6.94. The topological polar surface area (TPSA) is 46.2 Å². The lowest BCUT2D eigenvalue weighted by molar-refractivity contribution is 0.554. The molecule has 0 saturated heterocycles. The van der Waals surface area contributed by atoms with E-state index in [-0.39, 0.29) is 6.04 Å². The largest absolute Gasteiger partial charge is 0.213 e. The van der Waals surface area contributed by atoms with E-state index in [0.717, 1.165) is 17.5 Å². The van der Waals surface area contributed by atoms with Crippen LogP contribution in [-0.4, -0.2) is 14.7 Å². The van der Waals surface area contributed by atoms with Crippen molar-refractivity contribution < 1.29 is 8.42 Å². The van der Waals surface area contributed by atoms with Crippen molar-refractivity contribution in [2.45, 2.75) is 26.3 Å². The number of sulfonamides is 1. The summed E-state index contributed by atoms with van der Waals surface area (Å²) in [5.74, 6) is 0. The smallest absolute Gasteiger partial charge is 0.209 e. The van der Waals surface area contributed by atoms with Gasteiger partial charge in [-0.2, -0.15) is 0 Å². The van der Waals surface area contributed by atoms with Gasteiger partial charge in [0.25, 0.3) is 0 Å². The molecule has 0 aliphatic rings. The van der Waals surface area contributed by atoms with E-state index in [0.29, 0.717) is 0 Å². The van der Waals surface area contributed by atoms with Crippen LogP contribution in [0.1, 0.15) is 30.5 Å². The van der Waals surface area contributed by atoms with Gasteiger partial charge in [0.05, 0.1) is 6.26 Å². The van der Waals surface area contributed by atoms with E-state index in [9.17, 15) is 8.42 Å². The minimum absolute atomic E-state index is 0.124. The van der Waals surface area contributed by atoms with E-state index >= 15 is 0 Å². The molecule has 15 heavy (non-hydrogen) atoms. The highest BCUT2D eigenvalue weighted by molar-refractivity contribution is 7.88. The van der Waals surface area contributed by atoms with Crippen molar-refractivity contribution >= 4 is 10.0 Å². The standard InChI is InChI=1S/C11H17NO2S/c1-4-11(12-15(3,13)14)10-8-6-5-7-9(10)2/h5-8,11-12H,4H2,1-3H3/t11-/m1/s1. The van der Waals surface area contributed by atoms with E-state index in [1.807, 2.05) is 38.1 Å². The quantitative estimate of drug-likeness (QED) is 0.855. The first-order valence-corrected chi connectivity index (χ1v) is 6.86. The van der Waals surface area contributed by atoms with Crippen molar-refractivity contribution in [1.29, 1.82) is 0 Å². The third-order valence-electron chi connectivity index (χ3n) is 2.33. The summed E-state index contributed by atoms with van der Waals surface area (Å²) in [6.45, 7) is 3.96. The third-order valence-corrected chi connectivity index (χ3v) is 3.04. The van der Waals surface area contributed by atoms with Gasteiger partial charge in [0, 0.05) is 6.04 Å². The molecule has 4 heteroatoms. The molecule has 0 spiro atoms. The fourth-order valence-corrected chi connectivity index (χ4v) is 2.41. The lowest BCUT2D eigenvalue weighted by Gasteiger charge is -2.17.